The zero-order chi connectivity index (χ0) is 13.6. The molecule has 1 atom stereocenters. The van der Waals surface area contributed by atoms with Gasteiger partial charge < -0.3 is 15.4 Å². The molecule has 0 saturated carbocycles. The van der Waals surface area contributed by atoms with Gasteiger partial charge in [0.05, 0.1) is 12.5 Å². The van der Waals surface area contributed by atoms with Gasteiger partial charge in [0, 0.05) is 26.1 Å². The van der Waals surface area contributed by atoms with Crippen molar-refractivity contribution in [2.45, 2.75) is 22.7 Å². The van der Waals surface area contributed by atoms with E-state index in [1.165, 1.54) is 0 Å². The minimum atomic E-state index is -1.62. The Morgan fingerprint density at radius 1 is 1.22 bits per heavy atom. The van der Waals surface area contributed by atoms with Crippen LogP contribution in [-0.2, 0) is 14.3 Å². The summed E-state index contributed by atoms with van der Waals surface area (Å²) in [4.78, 5) is 23.0. The number of esters is 1. The number of Topliss-reactive ketones (excluding diaryl/α,β-unsaturated/α-hetero) is 1. The Morgan fingerprint density at radius 2 is 1.94 bits per heavy atom. The summed E-state index contributed by atoms with van der Waals surface area (Å²) in [6.07, 6.45) is 0.121. The predicted molar refractivity (Wildman–Crippen MR) is 70.2 cm³/mol. The van der Waals surface area contributed by atoms with Crippen LogP contribution in [0.1, 0.15) is 12.8 Å². The van der Waals surface area contributed by atoms with Gasteiger partial charge in [-0.15, -0.1) is 0 Å². The number of halogens is 3. The number of alkyl halides is 3. The zero-order valence-corrected chi connectivity index (χ0v) is 11.9. The van der Waals surface area contributed by atoms with Crippen LogP contribution >= 0.6 is 34.8 Å². The second-order valence-electron chi connectivity index (χ2n) is 3.95. The second kappa shape index (κ2) is 7.50. The molecule has 18 heavy (non-hydrogen) atoms. The van der Waals surface area contributed by atoms with Gasteiger partial charge in [-0.05, 0) is 0 Å². The number of ether oxygens (including phenoxy) is 1. The van der Waals surface area contributed by atoms with Crippen molar-refractivity contribution in [3.8, 4) is 0 Å². The normalized spacial score (nSPS) is 20.5. The number of rotatable bonds is 5. The van der Waals surface area contributed by atoms with Gasteiger partial charge in [0.15, 0.2) is 5.78 Å². The maximum absolute atomic E-state index is 11.7. The van der Waals surface area contributed by atoms with E-state index in [1.807, 2.05) is 0 Å². The Labute approximate surface area is 120 Å². The fourth-order valence-corrected chi connectivity index (χ4v) is 1.68. The average Bonchev–Trinajstić information content (AvgIpc) is 2.33. The summed E-state index contributed by atoms with van der Waals surface area (Å²) in [7, 11) is 0. The summed E-state index contributed by atoms with van der Waals surface area (Å²) in [6, 6.07) is -0.236. The average molecular weight is 318 g/mol. The number of piperazine rings is 1. The molecule has 0 aromatic carbocycles. The van der Waals surface area contributed by atoms with Crippen LogP contribution in [0.3, 0.4) is 0 Å². The SMILES string of the molecule is O=C(CCC(=O)[C@@H]1CNCCN1)OCC(Cl)(Cl)Cl. The minimum absolute atomic E-state index is 0.00222. The molecule has 1 fully saturated rings. The number of carbonyl (C=O) groups is 2. The molecular formula is C10H15Cl3N2O3. The van der Waals surface area contributed by atoms with E-state index in [9.17, 15) is 9.59 Å². The van der Waals surface area contributed by atoms with Crippen LogP contribution in [0.4, 0.5) is 0 Å². The highest BCUT2D eigenvalue weighted by molar-refractivity contribution is 6.67. The first-order valence-electron chi connectivity index (χ1n) is 5.57. The van der Waals surface area contributed by atoms with E-state index in [2.05, 4.69) is 10.6 Å². The van der Waals surface area contributed by atoms with Crippen molar-refractivity contribution in [2.75, 3.05) is 26.2 Å². The fraction of sp³-hybridized carbons (Fsp3) is 0.800. The lowest BCUT2D eigenvalue weighted by Gasteiger charge is -2.23. The lowest BCUT2D eigenvalue weighted by molar-refractivity contribution is -0.144. The zero-order valence-electron chi connectivity index (χ0n) is 9.68. The van der Waals surface area contributed by atoms with E-state index in [-0.39, 0.29) is 31.3 Å². The Balaban J connectivity index is 2.19. The highest BCUT2D eigenvalue weighted by atomic mass is 35.6. The third-order valence-electron chi connectivity index (χ3n) is 2.40. The molecule has 0 radical (unpaired) electrons. The maximum Gasteiger partial charge on any atom is 0.306 e. The Kier molecular flexibility index (Phi) is 6.66. The standard InChI is InChI=1S/C10H15Cl3N2O3/c11-10(12,13)6-18-9(17)2-1-8(16)7-5-14-3-4-15-7/h7,14-15H,1-6H2/t7-/m0/s1. The van der Waals surface area contributed by atoms with E-state index >= 15 is 0 Å². The third-order valence-corrected chi connectivity index (χ3v) is 2.73. The summed E-state index contributed by atoms with van der Waals surface area (Å²) in [5.41, 5.74) is 0. The highest BCUT2D eigenvalue weighted by Gasteiger charge is 2.24. The summed E-state index contributed by atoms with van der Waals surface area (Å²) in [6.45, 7) is 1.86. The van der Waals surface area contributed by atoms with Crippen LogP contribution in [0.2, 0.25) is 0 Å². The van der Waals surface area contributed by atoms with Gasteiger partial charge in [-0.2, -0.15) is 0 Å². The smallest absolute Gasteiger partial charge is 0.306 e. The molecule has 1 aliphatic rings. The first kappa shape index (κ1) is 16.0. The summed E-state index contributed by atoms with van der Waals surface area (Å²) in [5.74, 6) is -0.563. The van der Waals surface area contributed by atoms with Crippen LogP contribution in [0, 0.1) is 0 Å². The molecule has 0 amide bonds. The van der Waals surface area contributed by atoms with Gasteiger partial charge in [-0.1, -0.05) is 34.8 Å². The van der Waals surface area contributed by atoms with Gasteiger partial charge in [-0.3, -0.25) is 9.59 Å². The number of carbonyl (C=O) groups excluding carboxylic acids is 2. The fourth-order valence-electron chi connectivity index (χ4n) is 1.52. The largest absolute Gasteiger partial charge is 0.461 e. The Morgan fingerprint density at radius 3 is 2.50 bits per heavy atom. The molecule has 8 heteroatoms. The van der Waals surface area contributed by atoms with Crippen molar-refractivity contribution in [1.82, 2.24) is 10.6 Å². The molecule has 1 rings (SSSR count). The van der Waals surface area contributed by atoms with Crippen molar-refractivity contribution < 1.29 is 14.3 Å². The molecule has 0 bridgehead atoms. The first-order valence-corrected chi connectivity index (χ1v) is 6.71. The van der Waals surface area contributed by atoms with Crippen molar-refractivity contribution >= 4 is 46.6 Å². The van der Waals surface area contributed by atoms with Crippen molar-refractivity contribution in [2.24, 2.45) is 0 Å². The molecule has 1 aliphatic heterocycles. The lowest BCUT2D eigenvalue weighted by atomic mass is 10.1. The molecule has 0 aromatic rings. The molecule has 2 N–H and O–H groups in total. The van der Waals surface area contributed by atoms with Gasteiger partial charge in [0.25, 0.3) is 0 Å². The highest BCUT2D eigenvalue weighted by Crippen LogP contribution is 2.26. The predicted octanol–water partition coefficient (Wildman–Crippen LogP) is 0.811. The van der Waals surface area contributed by atoms with Gasteiger partial charge >= 0.3 is 5.97 Å². The lowest BCUT2D eigenvalue weighted by Crippen LogP contribution is -2.52. The molecule has 0 aromatic heterocycles. The van der Waals surface area contributed by atoms with Gasteiger partial charge in [0.2, 0.25) is 3.79 Å². The van der Waals surface area contributed by atoms with E-state index in [1.54, 1.807) is 0 Å². The Bertz CT molecular complexity index is 301. The van der Waals surface area contributed by atoms with Crippen LogP contribution in [0.25, 0.3) is 0 Å². The first-order chi connectivity index (χ1) is 8.38. The molecule has 0 spiro atoms. The molecular weight excluding hydrogens is 302 g/mol. The molecule has 5 nitrogen and oxygen atoms in total. The van der Waals surface area contributed by atoms with E-state index in [0.29, 0.717) is 6.54 Å². The monoisotopic (exact) mass is 316 g/mol. The molecule has 0 aliphatic carbocycles. The quantitative estimate of drug-likeness (QED) is 0.580. The van der Waals surface area contributed by atoms with E-state index < -0.39 is 9.76 Å². The molecule has 104 valence electrons. The van der Waals surface area contributed by atoms with Crippen LogP contribution in [-0.4, -0.2) is 47.8 Å². The maximum atomic E-state index is 11.7. The molecule has 1 saturated heterocycles. The van der Waals surface area contributed by atoms with Crippen molar-refractivity contribution in [1.29, 1.82) is 0 Å². The van der Waals surface area contributed by atoms with Gasteiger partial charge in [-0.25, -0.2) is 0 Å². The minimum Gasteiger partial charge on any atom is -0.461 e. The van der Waals surface area contributed by atoms with Crippen LogP contribution in [0.5, 0.6) is 0 Å². The number of nitrogens with one attached hydrogen (secondary N) is 2. The number of ketones is 1. The van der Waals surface area contributed by atoms with Gasteiger partial charge in [0.1, 0.15) is 6.61 Å². The summed E-state index contributed by atoms with van der Waals surface area (Å²) in [5, 5.41) is 6.17. The topological polar surface area (TPSA) is 67.4 Å². The van der Waals surface area contributed by atoms with Crippen LogP contribution in [0.15, 0.2) is 0 Å². The van der Waals surface area contributed by atoms with Crippen molar-refractivity contribution in [3.63, 3.8) is 0 Å². The summed E-state index contributed by atoms with van der Waals surface area (Å²) < 4.78 is 3.10. The summed E-state index contributed by atoms with van der Waals surface area (Å²) >= 11 is 16.3. The van der Waals surface area contributed by atoms with E-state index in [0.717, 1.165) is 13.1 Å². The number of hydrogen-bond donors (Lipinski definition) is 2. The number of hydrogen-bond acceptors (Lipinski definition) is 5. The Hall–Kier alpha value is -0.0700. The third kappa shape index (κ3) is 6.75. The van der Waals surface area contributed by atoms with E-state index in [4.69, 9.17) is 39.5 Å². The van der Waals surface area contributed by atoms with Crippen LogP contribution < -0.4 is 10.6 Å². The molecule has 0 unspecified atom stereocenters. The van der Waals surface area contributed by atoms with Crippen molar-refractivity contribution in [3.05, 3.63) is 0 Å². The molecule has 1 heterocycles. The second-order valence-corrected chi connectivity index (χ2v) is 6.47.